The first-order valence-corrected chi connectivity index (χ1v) is 12.9. The van der Waals surface area contributed by atoms with Crippen LogP contribution in [0.5, 0.6) is 0 Å². The minimum absolute atomic E-state index is 0.146. The van der Waals surface area contributed by atoms with Crippen LogP contribution in [-0.2, 0) is 0 Å². The second-order valence-corrected chi connectivity index (χ2v) is 10.2. The standard InChI is InChI=1S/C30H23N5O2S/c1-18-14-19(2)25(20(3)15-18)26-22(17-34(32-26)23-12-8-5-9-13-23)16-24-29(37)35-30(38-24)31-28(36)27(33-35)21-10-6-4-7-11-21/h4-17H,1-3H3. The van der Waals surface area contributed by atoms with Crippen molar-refractivity contribution in [2.75, 3.05) is 0 Å². The number of thiazole rings is 1. The number of benzene rings is 3. The monoisotopic (exact) mass is 517 g/mol. The van der Waals surface area contributed by atoms with Crippen LogP contribution in [0.2, 0.25) is 0 Å². The Morgan fingerprint density at radius 3 is 2.16 bits per heavy atom. The average molecular weight is 518 g/mol. The third-order valence-corrected chi connectivity index (χ3v) is 7.36. The predicted molar refractivity (Wildman–Crippen MR) is 151 cm³/mol. The van der Waals surface area contributed by atoms with Gasteiger partial charge in [-0.2, -0.15) is 19.7 Å². The Labute approximate surface area is 222 Å². The van der Waals surface area contributed by atoms with Gasteiger partial charge in [-0.1, -0.05) is 77.6 Å². The topological polar surface area (TPSA) is 82.2 Å². The highest BCUT2D eigenvalue weighted by atomic mass is 32.1. The van der Waals surface area contributed by atoms with Gasteiger partial charge in [0, 0.05) is 22.9 Å². The zero-order valence-electron chi connectivity index (χ0n) is 21.0. The van der Waals surface area contributed by atoms with E-state index in [9.17, 15) is 9.59 Å². The van der Waals surface area contributed by atoms with Crippen LogP contribution in [0, 0.1) is 20.8 Å². The molecule has 0 N–H and O–H groups in total. The van der Waals surface area contributed by atoms with Crippen LogP contribution in [0.4, 0.5) is 0 Å². The molecule has 0 saturated carbocycles. The minimum Gasteiger partial charge on any atom is -0.266 e. The fraction of sp³-hybridized carbons (Fsp3) is 0.100. The molecule has 0 unspecified atom stereocenters. The quantitative estimate of drug-likeness (QED) is 0.344. The lowest BCUT2D eigenvalue weighted by molar-refractivity contribution is 0.873. The molecule has 6 aromatic rings. The van der Waals surface area contributed by atoms with E-state index in [0.717, 1.165) is 45.0 Å². The van der Waals surface area contributed by atoms with Crippen LogP contribution in [-0.4, -0.2) is 24.4 Å². The molecule has 8 heteroatoms. The van der Waals surface area contributed by atoms with Crippen molar-refractivity contribution in [1.29, 1.82) is 0 Å². The molecule has 3 aromatic heterocycles. The summed E-state index contributed by atoms with van der Waals surface area (Å²) in [6.45, 7) is 6.22. The average Bonchev–Trinajstić information content (AvgIpc) is 3.44. The first-order chi connectivity index (χ1) is 18.4. The molecule has 0 radical (unpaired) electrons. The summed E-state index contributed by atoms with van der Waals surface area (Å²) in [5, 5.41) is 9.33. The summed E-state index contributed by atoms with van der Waals surface area (Å²) in [5.74, 6) is 0. The number of fused-ring (bicyclic) bond motifs is 1. The molecule has 0 aliphatic carbocycles. The summed E-state index contributed by atoms with van der Waals surface area (Å²) >= 11 is 1.14. The van der Waals surface area contributed by atoms with Gasteiger partial charge in [-0.25, -0.2) is 4.68 Å². The highest BCUT2D eigenvalue weighted by molar-refractivity contribution is 7.15. The molecule has 0 aliphatic rings. The molecule has 0 amide bonds. The molecular formula is C30H23N5O2S. The lowest BCUT2D eigenvalue weighted by Gasteiger charge is -2.10. The largest absolute Gasteiger partial charge is 0.300 e. The number of hydrogen-bond donors (Lipinski definition) is 0. The predicted octanol–water partition coefficient (Wildman–Crippen LogP) is 4.50. The Bertz CT molecular complexity index is 1970. The first-order valence-electron chi connectivity index (χ1n) is 12.1. The molecule has 0 fully saturated rings. The number of aromatic nitrogens is 5. The summed E-state index contributed by atoms with van der Waals surface area (Å²) in [6, 6.07) is 23.2. The minimum atomic E-state index is -0.465. The summed E-state index contributed by atoms with van der Waals surface area (Å²) in [6.07, 6.45) is 3.74. The van der Waals surface area contributed by atoms with E-state index in [1.807, 2.05) is 65.5 Å². The number of para-hydroxylation sites is 1. The molecule has 0 atom stereocenters. The molecule has 6 rings (SSSR count). The van der Waals surface area contributed by atoms with Crippen LogP contribution in [0.25, 0.3) is 39.2 Å². The number of nitrogens with zero attached hydrogens (tertiary/aromatic N) is 5. The highest BCUT2D eigenvalue weighted by Gasteiger charge is 2.17. The lowest BCUT2D eigenvalue weighted by Crippen LogP contribution is -2.26. The highest BCUT2D eigenvalue weighted by Crippen LogP contribution is 2.31. The number of rotatable bonds is 4. The molecule has 38 heavy (non-hydrogen) atoms. The van der Waals surface area contributed by atoms with Gasteiger partial charge in [0.1, 0.15) is 5.69 Å². The van der Waals surface area contributed by atoms with Crippen molar-refractivity contribution in [3.05, 3.63) is 126 Å². The lowest BCUT2D eigenvalue weighted by atomic mass is 9.95. The van der Waals surface area contributed by atoms with Crippen molar-refractivity contribution < 1.29 is 0 Å². The maximum atomic E-state index is 13.4. The van der Waals surface area contributed by atoms with Gasteiger partial charge in [-0.3, -0.25) is 9.59 Å². The fourth-order valence-corrected chi connectivity index (χ4v) is 5.68. The van der Waals surface area contributed by atoms with E-state index in [2.05, 4.69) is 43.0 Å². The maximum Gasteiger partial charge on any atom is 0.300 e. The molecule has 186 valence electrons. The molecular weight excluding hydrogens is 494 g/mol. The van der Waals surface area contributed by atoms with Gasteiger partial charge < -0.3 is 0 Å². The van der Waals surface area contributed by atoms with Crippen molar-refractivity contribution in [2.24, 2.45) is 0 Å². The van der Waals surface area contributed by atoms with Crippen LogP contribution < -0.4 is 15.7 Å². The van der Waals surface area contributed by atoms with E-state index < -0.39 is 5.56 Å². The summed E-state index contributed by atoms with van der Waals surface area (Å²) in [7, 11) is 0. The second kappa shape index (κ2) is 9.32. The van der Waals surface area contributed by atoms with Crippen molar-refractivity contribution in [3.63, 3.8) is 0 Å². The van der Waals surface area contributed by atoms with Crippen molar-refractivity contribution in [3.8, 4) is 28.2 Å². The van der Waals surface area contributed by atoms with E-state index in [1.54, 1.807) is 12.1 Å². The Kier molecular flexibility index (Phi) is 5.81. The van der Waals surface area contributed by atoms with Crippen LogP contribution >= 0.6 is 11.3 Å². The summed E-state index contributed by atoms with van der Waals surface area (Å²) < 4.78 is 3.46. The van der Waals surface area contributed by atoms with Crippen molar-refractivity contribution >= 4 is 22.4 Å². The van der Waals surface area contributed by atoms with Crippen molar-refractivity contribution in [1.82, 2.24) is 24.4 Å². The summed E-state index contributed by atoms with van der Waals surface area (Å²) in [5.41, 5.74) is 6.88. The van der Waals surface area contributed by atoms with Gasteiger partial charge in [0.25, 0.3) is 5.56 Å². The molecule has 7 nitrogen and oxygen atoms in total. The molecule has 0 saturated heterocycles. The van der Waals surface area contributed by atoms with Crippen LogP contribution in [0.3, 0.4) is 0 Å². The Hall–Kier alpha value is -4.69. The zero-order chi connectivity index (χ0) is 26.4. The molecule has 3 aromatic carbocycles. The third kappa shape index (κ3) is 4.14. The first kappa shape index (κ1) is 23.7. The smallest absolute Gasteiger partial charge is 0.266 e. The van der Waals surface area contributed by atoms with Crippen LogP contribution in [0.15, 0.2) is 88.6 Å². The Balaban J connectivity index is 1.58. The van der Waals surface area contributed by atoms with Gasteiger partial charge in [0.15, 0.2) is 5.69 Å². The molecule has 0 spiro atoms. The van der Waals surface area contributed by atoms with E-state index in [1.165, 1.54) is 10.1 Å². The van der Waals surface area contributed by atoms with E-state index in [0.29, 0.717) is 10.1 Å². The second-order valence-electron chi connectivity index (χ2n) is 9.23. The number of aryl methyl sites for hydroxylation is 3. The van der Waals surface area contributed by atoms with Gasteiger partial charge >= 0.3 is 5.56 Å². The normalized spacial score (nSPS) is 11.9. The van der Waals surface area contributed by atoms with Gasteiger partial charge in [0.2, 0.25) is 4.96 Å². The Morgan fingerprint density at radius 1 is 0.816 bits per heavy atom. The maximum absolute atomic E-state index is 13.4. The van der Waals surface area contributed by atoms with Crippen LogP contribution in [0.1, 0.15) is 22.3 Å². The molecule has 3 heterocycles. The summed E-state index contributed by atoms with van der Waals surface area (Å²) in [4.78, 5) is 30.6. The third-order valence-electron chi connectivity index (χ3n) is 6.40. The van der Waals surface area contributed by atoms with Crippen molar-refractivity contribution in [2.45, 2.75) is 20.8 Å². The SMILES string of the molecule is Cc1cc(C)c(-c2nn(-c3ccccc3)cc2C=c2sc3nc(=O)c(-c4ccccc4)nn3c2=O)c(C)c1. The Morgan fingerprint density at radius 2 is 1.47 bits per heavy atom. The fourth-order valence-electron chi connectivity index (χ4n) is 4.78. The van der Waals surface area contributed by atoms with Gasteiger partial charge in [-0.15, -0.1) is 0 Å². The van der Waals surface area contributed by atoms with E-state index in [4.69, 9.17) is 5.10 Å². The van der Waals surface area contributed by atoms with Gasteiger partial charge in [-0.05, 0) is 50.1 Å². The van der Waals surface area contributed by atoms with Gasteiger partial charge in [0.05, 0.1) is 10.2 Å². The molecule has 0 bridgehead atoms. The number of hydrogen-bond acceptors (Lipinski definition) is 6. The zero-order valence-corrected chi connectivity index (χ0v) is 21.9. The van der Waals surface area contributed by atoms with E-state index in [-0.39, 0.29) is 16.2 Å². The van der Waals surface area contributed by atoms with E-state index >= 15 is 0 Å². The molecule has 0 aliphatic heterocycles.